The SMILES string of the molecule is CC(=O)CCC1(CC2(CCC(C)=O)c3cc(C)ccc3-c3nc4ccccc4cc32)c2cc(C)ccc2-c2nc3ccccc3cc21. The lowest BCUT2D eigenvalue weighted by atomic mass is 9.59. The van der Waals surface area contributed by atoms with Crippen LogP contribution in [0.2, 0.25) is 0 Å². The van der Waals surface area contributed by atoms with Gasteiger partial charge >= 0.3 is 0 Å². The molecule has 2 aliphatic carbocycles. The fourth-order valence-corrected chi connectivity index (χ4v) is 8.57. The molecule has 0 fully saturated rings. The quantitative estimate of drug-likeness (QED) is 0.171. The number of carbonyl (C=O) groups excluding carboxylic acids is 2. The van der Waals surface area contributed by atoms with E-state index in [0.29, 0.717) is 32.1 Å². The van der Waals surface area contributed by atoms with Gasteiger partial charge in [0.05, 0.1) is 22.4 Å². The molecule has 232 valence electrons. The fourth-order valence-electron chi connectivity index (χ4n) is 8.57. The van der Waals surface area contributed by atoms with Gasteiger partial charge in [-0.05, 0) is 93.5 Å². The van der Waals surface area contributed by atoms with Crippen molar-refractivity contribution in [3.63, 3.8) is 0 Å². The molecule has 4 nitrogen and oxygen atoms in total. The Morgan fingerprint density at radius 2 is 0.979 bits per heavy atom. The minimum Gasteiger partial charge on any atom is -0.300 e. The summed E-state index contributed by atoms with van der Waals surface area (Å²) in [5.74, 6) is 0.351. The van der Waals surface area contributed by atoms with Crippen molar-refractivity contribution >= 4 is 33.4 Å². The van der Waals surface area contributed by atoms with Crippen LogP contribution < -0.4 is 0 Å². The molecule has 0 aliphatic heterocycles. The molecule has 0 spiro atoms. The first-order valence-corrected chi connectivity index (χ1v) is 16.7. The summed E-state index contributed by atoms with van der Waals surface area (Å²) in [4.78, 5) is 36.4. The average Bonchev–Trinajstić information content (AvgIpc) is 3.46. The van der Waals surface area contributed by atoms with Crippen molar-refractivity contribution in [2.45, 2.75) is 70.6 Å². The summed E-state index contributed by atoms with van der Waals surface area (Å²) in [6.45, 7) is 7.69. The van der Waals surface area contributed by atoms with Crippen LogP contribution in [0.1, 0.15) is 79.3 Å². The van der Waals surface area contributed by atoms with Crippen LogP contribution in [-0.2, 0) is 20.4 Å². The number of benzene rings is 4. The maximum Gasteiger partial charge on any atom is 0.129 e. The van der Waals surface area contributed by atoms with Crippen molar-refractivity contribution in [3.8, 4) is 22.5 Å². The highest BCUT2D eigenvalue weighted by molar-refractivity contribution is 5.91. The summed E-state index contributed by atoms with van der Waals surface area (Å²) in [6.07, 6.45) is 2.92. The molecule has 0 bridgehead atoms. The molecule has 2 aliphatic rings. The molecule has 0 radical (unpaired) electrons. The van der Waals surface area contributed by atoms with Crippen molar-refractivity contribution in [1.29, 1.82) is 0 Å². The molecule has 4 heteroatoms. The molecule has 6 aromatic rings. The van der Waals surface area contributed by atoms with Crippen molar-refractivity contribution < 1.29 is 9.59 Å². The van der Waals surface area contributed by atoms with Gasteiger partial charge in [-0.2, -0.15) is 0 Å². The second-order valence-electron chi connectivity index (χ2n) is 14.0. The number of aryl methyl sites for hydroxylation is 2. The molecule has 2 heterocycles. The highest BCUT2D eigenvalue weighted by Gasteiger charge is 2.54. The van der Waals surface area contributed by atoms with Crippen LogP contribution in [0, 0.1) is 13.8 Å². The minimum absolute atomic E-state index is 0.175. The van der Waals surface area contributed by atoms with E-state index in [0.717, 1.165) is 44.3 Å². The number of ketones is 2. The van der Waals surface area contributed by atoms with Gasteiger partial charge in [0.1, 0.15) is 11.6 Å². The van der Waals surface area contributed by atoms with Gasteiger partial charge in [-0.15, -0.1) is 0 Å². The predicted molar refractivity (Wildman–Crippen MR) is 190 cm³/mol. The fraction of sp³-hybridized carbons (Fsp3) is 0.256. The average molecular weight is 615 g/mol. The molecule has 0 amide bonds. The van der Waals surface area contributed by atoms with Crippen LogP contribution in [0.3, 0.4) is 0 Å². The van der Waals surface area contributed by atoms with Crippen LogP contribution in [0.5, 0.6) is 0 Å². The summed E-state index contributed by atoms with van der Waals surface area (Å²) in [5.41, 5.74) is 12.4. The van der Waals surface area contributed by atoms with E-state index in [1.807, 2.05) is 12.1 Å². The number of rotatable bonds is 8. The van der Waals surface area contributed by atoms with Crippen LogP contribution in [0.15, 0.2) is 97.1 Å². The molecule has 47 heavy (non-hydrogen) atoms. The maximum atomic E-state index is 12.9. The molecule has 0 saturated heterocycles. The van der Waals surface area contributed by atoms with E-state index in [4.69, 9.17) is 9.97 Å². The number of aromatic nitrogens is 2. The number of nitrogens with zero attached hydrogens (tertiary/aromatic N) is 2. The summed E-state index contributed by atoms with van der Waals surface area (Å²) in [7, 11) is 0. The third-order valence-electron chi connectivity index (χ3n) is 10.8. The molecule has 8 rings (SSSR count). The number of para-hydroxylation sites is 2. The van der Waals surface area contributed by atoms with E-state index in [1.54, 1.807) is 13.8 Å². The highest BCUT2D eigenvalue weighted by Crippen LogP contribution is 2.62. The van der Waals surface area contributed by atoms with Gasteiger partial charge in [-0.25, -0.2) is 9.97 Å². The number of pyridine rings is 2. The van der Waals surface area contributed by atoms with Gasteiger partial charge in [0.25, 0.3) is 0 Å². The zero-order valence-corrected chi connectivity index (χ0v) is 27.5. The normalized spacial score (nSPS) is 19.0. The summed E-state index contributed by atoms with van der Waals surface area (Å²) >= 11 is 0. The zero-order chi connectivity index (χ0) is 32.5. The van der Waals surface area contributed by atoms with Gasteiger partial charge in [-0.1, -0.05) is 83.9 Å². The number of hydrogen-bond donors (Lipinski definition) is 0. The van der Waals surface area contributed by atoms with Gasteiger partial charge < -0.3 is 9.59 Å². The van der Waals surface area contributed by atoms with Crippen LogP contribution in [0.25, 0.3) is 44.3 Å². The second-order valence-corrected chi connectivity index (χ2v) is 14.0. The molecule has 2 unspecified atom stereocenters. The lowest BCUT2D eigenvalue weighted by Crippen LogP contribution is -2.38. The highest BCUT2D eigenvalue weighted by atomic mass is 16.1. The Kier molecular flexibility index (Phi) is 6.77. The monoisotopic (exact) mass is 614 g/mol. The van der Waals surface area contributed by atoms with Crippen LogP contribution in [-0.4, -0.2) is 21.5 Å². The third-order valence-corrected chi connectivity index (χ3v) is 10.8. The topological polar surface area (TPSA) is 59.9 Å². The van der Waals surface area contributed by atoms with Crippen molar-refractivity contribution in [1.82, 2.24) is 9.97 Å². The van der Waals surface area contributed by atoms with Gasteiger partial charge in [0, 0.05) is 45.6 Å². The molecule has 0 N–H and O–H groups in total. The lowest BCUT2D eigenvalue weighted by molar-refractivity contribution is -0.118. The first-order valence-electron chi connectivity index (χ1n) is 16.7. The minimum atomic E-state index is -0.523. The first-order chi connectivity index (χ1) is 22.7. The van der Waals surface area contributed by atoms with Crippen molar-refractivity contribution in [3.05, 3.63) is 130 Å². The van der Waals surface area contributed by atoms with E-state index in [9.17, 15) is 9.59 Å². The number of hydrogen-bond acceptors (Lipinski definition) is 4. The smallest absolute Gasteiger partial charge is 0.129 e. The maximum absolute atomic E-state index is 12.9. The molecular weight excluding hydrogens is 576 g/mol. The number of fused-ring (bicyclic) bond motifs is 8. The zero-order valence-electron chi connectivity index (χ0n) is 27.5. The van der Waals surface area contributed by atoms with E-state index in [1.165, 1.54) is 33.4 Å². The van der Waals surface area contributed by atoms with E-state index >= 15 is 0 Å². The second kappa shape index (κ2) is 10.8. The van der Waals surface area contributed by atoms with E-state index in [2.05, 4.69) is 98.8 Å². The first kappa shape index (κ1) is 29.4. The van der Waals surface area contributed by atoms with Gasteiger partial charge in [-0.3, -0.25) is 0 Å². The van der Waals surface area contributed by atoms with Crippen molar-refractivity contribution in [2.24, 2.45) is 0 Å². The van der Waals surface area contributed by atoms with Crippen LogP contribution in [0.4, 0.5) is 0 Å². The molecule has 2 atom stereocenters. The predicted octanol–water partition coefficient (Wildman–Crippen LogP) is 9.76. The summed E-state index contributed by atoms with van der Waals surface area (Å²) < 4.78 is 0. The standard InChI is InChI=1S/C43H38N2O2/c1-26-13-15-32-34(21-26)42(19-17-28(3)46,36-23-30-9-5-7-11-38(30)44-40(32)36)25-43(20-18-29(4)47)35-22-27(2)14-16-33(35)41-37(43)24-31-10-6-8-12-39(31)45-41/h5-16,21-24H,17-20,25H2,1-4H3. The van der Waals surface area contributed by atoms with Gasteiger partial charge in [0.2, 0.25) is 0 Å². The summed E-state index contributed by atoms with van der Waals surface area (Å²) in [6, 6.07) is 34.7. The van der Waals surface area contributed by atoms with Gasteiger partial charge in [0.15, 0.2) is 0 Å². The van der Waals surface area contributed by atoms with Crippen molar-refractivity contribution in [2.75, 3.05) is 0 Å². The van der Waals surface area contributed by atoms with E-state index in [-0.39, 0.29) is 11.6 Å². The Labute approximate surface area is 275 Å². The molecule has 4 aromatic carbocycles. The number of carbonyl (C=O) groups is 2. The summed E-state index contributed by atoms with van der Waals surface area (Å²) in [5, 5.41) is 2.19. The largest absolute Gasteiger partial charge is 0.300 e. The molecule has 0 saturated carbocycles. The van der Waals surface area contributed by atoms with E-state index < -0.39 is 10.8 Å². The molecular formula is C43H38N2O2. The lowest BCUT2D eigenvalue weighted by Gasteiger charge is -2.43. The molecule has 2 aromatic heterocycles. The number of Topliss-reactive ketones (excluding diaryl/α,β-unsaturated/α-hetero) is 2. The Morgan fingerprint density at radius 3 is 1.40 bits per heavy atom. The third kappa shape index (κ3) is 4.57. The Balaban J connectivity index is 1.48. The van der Waals surface area contributed by atoms with Crippen LogP contribution >= 0.6 is 0 Å². The Bertz CT molecular complexity index is 2120. The Morgan fingerprint density at radius 1 is 0.553 bits per heavy atom. The Hall–Kier alpha value is -4.96.